The molecule has 0 aliphatic heterocycles. The predicted octanol–water partition coefficient (Wildman–Crippen LogP) is 3.46. The van der Waals surface area contributed by atoms with E-state index in [4.69, 9.17) is 0 Å². The van der Waals surface area contributed by atoms with Gasteiger partial charge in [0.15, 0.2) is 0 Å². The molecule has 0 spiro atoms. The molecule has 0 atom stereocenters. The third-order valence-electron chi connectivity index (χ3n) is 2.67. The molecule has 3 nitrogen and oxygen atoms in total. The van der Waals surface area contributed by atoms with E-state index in [2.05, 4.69) is 4.18 Å². The Morgan fingerprint density at radius 2 is 1.18 bits per heavy atom. The zero-order chi connectivity index (χ0) is 16.7. The van der Waals surface area contributed by atoms with Gasteiger partial charge in [-0.3, -0.25) is 0 Å². The van der Waals surface area contributed by atoms with Gasteiger partial charge in [-0.05, 0) is 19.1 Å². The minimum atomic E-state index is -4.76. The van der Waals surface area contributed by atoms with E-state index in [0.29, 0.717) is 5.56 Å². The van der Waals surface area contributed by atoms with Gasteiger partial charge in [-0.1, -0.05) is 17.7 Å². The summed E-state index contributed by atoms with van der Waals surface area (Å²) in [5, 5.41) is 0. The van der Waals surface area contributed by atoms with Gasteiger partial charge in [0.25, 0.3) is 0 Å². The summed E-state index contributed by atoms with van der Waals surface area (Å²) in [5.74, 6) is -13.6. The maximum Gasteiger partial charge on any atom is 0.339 e. The van der Waals surface area contributed by atoms with Gasteiger partial charge < -0.3 is 4.18 Å². The summed E-state index contributed by atoms with van der Waals surface area (Å²) < 4.78 is 93.4. The first-order valence-electron chi connectivity index (χ1n) is 5.67. The van der Waals surface area contributed by atoms with E-state index in [9.17, 15) is 30.4 Å². The van der Waals surface area contributed by atoms with Crippen LogP contribution in [0.3, 0.4) is 0 Å². The molecule has 0 aliphatic rings. The fraction of sp³-hybridized carbons (Fsp3) is 0.0769. The van der Waals surface area contributed by atoms with E-state index in [1.807, 2.05) is 0 Å². The van der Waals surface area contributed by atoms with Crippen molar-refractivity contribution in [3.63, 3.8) is 0 Å². The SMILES string of the molecule is Cc1ccc(S(=O)(=O)Oc2c(F)c(F)c(F)c(F)c2F)cc1. The van der Waals surface area contributed by atoms with Crippen molar-refractivity contribution >= 4 is 10.1 Å². The average Bonchev–Trinajstić information content (AvgIpc) is 2.48. The Morgan fingerprint density at radius 1 is 0.773 bits per heavy atom. The van der Waals surface area contributed by atoms with Crippen molar-refractivity contribution in [1.29, 1.82) is 0 Å². The summed E-state index contributed by atoms with van der Waals surface area (Å²) in [7, 11) is -4.76. The minimum absolute atomic E-state index is 0.498. The molecule has 0 fully saturated rings. The van der Waals surface area contributed by atoms with Gasteiger partial charge >= 0.3 is 10.1 Å². The molecule has 2 rings (SSSR count). The van der Waals surface area contributed by atoms with Crippen LogP contribution in [0.4, 0.5) is 22.0 Å². The summed E-state index contributed by atoms with van der Waals surface area (Å²) in [5.41, 5.74) is 0.690. The Labute approximate surface area is 122 Å². The van der Waals surface area contributed by atoms with Gasteiger partial charge in [0.2, 0.25) is 34.8 Å². The van der Waals surface area contributed by atoms with Crippen LogP contribution in [-0.4, -0.2) is 8.42 Å². The molecule has 0 heterocycles. The van der Waals surface area contributed by atoms with Gasteiger partial charge in [-0.15, -0.1) is 0 Å². The quantitative estimate of drug-likeness (QED) is 0.373. The normalized spacial score (nSPS) is 11.5. The van der Waals surface area contributed by atoms with Crippen molar-refractivity contribution in [1.82, 2.24) is 0 Å². The predicted molar refractivity (Wildman–Crippen MR) is 65.2 cm³/mol. The number of aryl methyl sites for hydroxylation is 1. The Morgan fingerprint density at radius 3 is 1.64 bits per heavy atom. The Kier molecular flexibility index (Phi) is 4.10. The molecule has 22 heavy (non-hydrogen) atoms. The summed E-state index contributed by atoms with van der Waals surface area (Å²) in [6.45, 7) is 1.65. The molecule has 9 heteroatoms. The molecular weight excluding hydrogens is 331 g/mol. The molecule has 0 bridgehead atoms. The number of rotatable bonds is 3. The van der Waals surface area contributed by atoms with Crippen LogP contribution in [0.1, 0.15) is 5.56 Å². The largest absolute Gasteiger partial charge is 0.372 e. The molecule has 118 valence electrons. The Hall–Kier alpha value is -2.16. The molecule has 0 amide bonds. The highest BCUT2D eigenvalue weighted by Crippen LogP contribution is 2.31. The van der Waals surface area contributed by atoms with E-state index >= 15 is 0 Å². The maximum absolute atomic E-state index is 13.4. The van der Waals surface area contributed by atoms with Crippen LogP contribution in [0.5, 0.6) is 5.75 Å². The molecular formula is C13H7F5O3S. The second-order valence-electron chi connectivity index (χ2n) is 4.25. The van der Waals surface area contributed by atoms with Gasteiger partial charge in [-0.2, -0.15) is 17.2 Å². The fourth-order valence-corrected chi connectivity index (χ4v) is 2.45. The first-order chi connectivity index (χ1) is 10.1. The zero-order valence-corrected chi connectivity index (χ0v) is 11.6. The highest BCUT2D eigenvalue weighted by atomic mass is 32.2. The van der Waals surface area contributed by atoms with Gasteiger partial charge in [0.1, 0.15) is 4.90 Å². The summed E-state index contributed by atoms with van der Waals surface area (Å²) in [4.78, 5) is -0.498. The molecule has 0 radical (unpaired) electrons. The lowest BCUT2D eigenvalue weighted by Gasteiger charge is -2.10. The van der Waals surface area contributed by atoms with Gasteiger partial charge in [0, 0.05) is 0 Å². The third kappa shape index (κ3) is 2.76. The highest BCUT2D eigenvalue weighted by molar-refractivity contribution is 7.87. The topological polar surface area (TPSA) is 43.4 Å². The molecule has 0 N–H and O–H groups in total. The Balaban J connectivity index is 2.53. The van der Waals surface area contributed by atoms with Crippen LogP contribution in [0.15, 0.2) is 29.2 Å². The molecule has 0 unspecified atom stereocenters. The molecule has 2 aromatic carbocycles. The molecule has 0 saturated heterocycles. The van der Waals surface area contributed by atoms with Crippen LogP contribution in [-0.2, 0) is 10.1 Å². The average molecular weight is 338 g/mol. The number of hydrogen-bond acceptors (Lipinski definition) is 3. The van der Waals surface area contributed by atoms with E-state index in [1.54, 1.807) is 6.92 Å². The second-order valence-corrected chi connectivity index (χ2v) is 5.80. The van der Waals surface area contributed by atoms with E-state index < -0.39 is 49.8 Å². The van der Waals surface area contributed by atoms with Crippen molar-refractivity contribution in [2.45, 2.75) is 11.8 Å². The Bertz CT molecular complexity index is 803. The van der Waals surface area contributed by atoms with Crippen LogP contribution in [0.25, 0.3) is 0 Å². The molecule has 2 aromatic rings. The molecule has 0 saturated carbocycles. The third-order valence-corrected chi connectivity index (χ3v) is 3.91. The van der Waals surface area contributed by atoms with Crippen molar-refractivity contribution in [2.75, 3.05) is 0 Å². The first-order valence-corrected chi connectivity index (χ1v) is 7.08. The van der Waals surface area contributed by atoms with E-state index in [-0.39, 0.29) is 0 Å². The van der Waals surface area contributed by atoms with Crippen LogP contribution in [0.2, 0.25) is 0 Å². The maximum atomic E-state index is 13.4. The summed E-state index contributed by atoms with van der Waals surface area (Å²) in [6, 6.07) is 4.87. The monoisotopic (exact) mass is 338 g/mol. The number of halogens is 5. The van der Waals surface area contributed by atoms with Crippen molar-refractivity contribution in [2.24, 2.45) is 0 Å². The summed E-state index contributed by atoms with van der Waals surface area (Å²) >= 11 is 0. The minimum Gasteiger partial charge on any atom is -0.372 e. The number of hydrogen-bond donors (Lipinski definition) is 0. The second kappa shape index (κ2) is 5.56. The van der Waals surface area contributed by atoms with E-state index in [0.717, 1.165) is 12.1 Å². The van der Waals surface area contributed by atoms with Gasteiger partial charge in [-0.25, -0.2) is 13.2 Å². The van der Waals surface area contributed by atoms with Crippen LogP contribution in [0, 0.1) is 36.0 Å². The van der Waals surface area contributed by atoms with Crippen molar-refractivity contribution in [3.05, 3.63) is 58.9 Å². The lowest BCUT2D eigenvalue weighted by atomic mass is 10.2. The van der Waals surface area contributed by atoms with Gasteiger partial charge in [0.05, 0.1) is 0 Å². The smallest absolute Gasteiger partial charge is 0.339 e. The number of benzene rings is 2. The van der Waals surface area contributed by atoms with Crippen molar-refractivity contribution < 1.29 is 34.6 Å². The molecule has 0 aliphatic carbocycles. The lowest BCUT2D eigenvalue weighted by molar-refractivity contribution is 0.346. The van der Waals surface area contributed by atoms with E-state index in [1.165, 1.54) is 12.1 Å². The standard InChI is InChI=1S/C13H7F5O3S/c1-6-2-4-7(5-3-6)22(19,20)21-13-11(17)9(15)8(14)10(16)12(13)18/h2-5H,1H3. The summed E-state index contributed by atoms with van der Waals surface area (Å²) in [6.07, 6.45) is 0. The van der Waals surface area contributed by atoms with Crippen LogP contribution >= 0.6 is 0 Å². The zero-order valence-electron chi connectivity index (χ0n) is 10.8. The lowest BCUT2D eigenvalue weighted by Crippen LogP contribution is -2.14. The molecule has 0 aromatic heterocycles. The first kappa shape index (κ1) is 16.2. The van der Waals surface area contributed by atoms with Crippen molar-refractivity contribution in [3.8, 4) is 5.75 Å². The highest BCUT2D eigenvalue weighted by Gasteiger charge is 2.30. The fourth-order valence-electron chi connectivity index (χ4n) is 1.52. The van der Waals surface area contributed by atoms with Crippen LogP contribution < -0.4 is 4.18 Å².